The molecule has 5 rings (SSSR count). The first-order chi connectivity index (χ1) is 14.2. The van der Waals surface area contributed by atoms with Crippen LogP contribution in [0, 0.1) is 0 Å². The third-order valence-corrected chi connectivity index (χ3v) is 5.80. The Bertz CT molecular complexity index is 994. The molecule has 0 radical (unpaired) electrons. The number of benzene rings is 1. The highest BCUT2D eigenvalue weighted by Crippen LogP contribution is 2.31. The molecule has 8 heteroatoms. The van der Waals surface area contributed by atoms with Crippen LogP contribution in [-0.2, 0) is 4.74 Å². The lowest BCUT2D eigenvalue weighted by Gasteiger charge is -2.32. The minimum atomic E-state index is 0.174. The molecular weight excluding hydrogens is 366 g/mol. The molecule has 0 aliphatic carbocycles. The summed E-state index contributed by atoms with van der Waals surface area (Å²) in [6, 6.07) is 8.10. The van der Waals surface area contributed by atoms with Gasteiger partial charge in [-0.2, -0.15) is 5.10 Å². The monoisotopic (exact) mass is 393 g/mol. The summed E-state index contributed by atoms with van der Waals surface area (Å²) in [5.74, 6) is 1.65. The lowest BCUT2D eigenvalue weighted by Crippen LogP contribution is -2.41. The molecule has 1 atom stereocenters. The van der Waals surface area contributed by atoms with Gasteiger partial charge in [-0.1, -0.05) is 0 Å². The van der Waals surface area contributed by atoms with Crippen LogP contribution >= 0.6 is 0 Å². The van der Waals surface area contributed by atoms with Gasteiger partial charge in [-0.15, -0.1) is 0 Å². The molecule has 3 N–H and O–H groups in total. The fourth-order valence-electron chi connectivity index (χ4n) is 4.24. The molecular formula is C21H27N7O. The highest BCUT2D eigenvalue weighted by atomic mass is 16.5. The Kier molecular flexibility index (Phi) is 4.81. The molecule has 2 aliphatic heterocycles. The molecule has 1 unspecified atom stereocenters. The van der Waals surface area contributed by atoms with Crippen molar-refractivity contribution in [3.8, 4) is 11.4 Å². The van der Waals surface area contributed by atoms with Crippen LogP contribution in [0.4, 0.5) is 11.5 Å². The first-order valence-corrected chi connectivity index (χ1v) is 10.4. The summed E-state index contributed by atoms with van der Waals surface area (Å²) < 4.78 is 7.85. The van der Waals surface area contributed by atoms with Gasteiger partial charge in [0, 0.05) is 24.3 Å². The van der Waals surface area contributed by atoms with Crippen molar-refractivity contribution in [3.63, 3.8) is 0 Å². The first kappa shape index (κ1) is 18.3. The zero-order valence-corrected chi connectivity index (χ0v) is 16.7. The molecule has 1 aromatic carbocycles. The number of anilines is 2. The SMILES string of the molecule is CC1CN(c2nc(-c3ccc(N)cc3)nc3c2cnn3C2CCNCC2)CCO1. The standard InChI is InChI=1S/C21H27N7O/c1-14-13-27(10-11-29-14)20-18-12-24-28(17-6-8-23-9-7-17)21(18)26-19(25-20)15-2-4-16(22)5-3-15/h2-5,12,14,17,23H,6-11,13,22H2,1H3. The third-order valence-electron chi connectivity index (χ3n) is 5.80. The predicted molar refractivity (Wildman–Crippen MR) is 114 cm³/mol. The second-order valence-electron chi connectivity index (χ2n) is 7.93. The summed E-state index contributed by atoms with van der Waals surface area (Å²) in [4.78, 5) is 12.2. The number of piperidine rings is 1. The number of nitrogens with one attached hydrogen (secondary N) is 1. The molecule has 0 bridgehead atoms. The van der Waals surface area contributed by atoms with Gasteiger partial charge in [0.2, 0.25) is 0 Å². The van der Waals surface area contributed by atoms with Crippen LogP contribution in [0.3, 0.4) is 0 Å². The van der Waals surface area contributed by atoms with Crippen molar-refractivity contribution in [3.05, 3.63) is 30.5 Å². The number of aromatic nitrogens is 4. The number of ether oxygens (including phenoxy) is 1. The second-order valence-corrected chi connectivity index (χ2v) is 7.93. The summed E-state index contributed by atoms with van der Waals surface area (Å²) in [5.41, 5.74) is 8.48. The van der Waals surface area contributed by atoms with Crippen LogP contribution in [0.2, 0.25) is 0 Å². The number of hydrogen-bond acceptors (Lipinski definition) is 7. The number of morpholine rings is 1. The highest BCUT2D eigenvalue weighted by molar-refractivity contribution is 5.89. The number of nitrogens with zero attached hydrogens (tertiary/aromatic N) is 5. The van der Waals surface area contributed by atoms with Gasteiger partial charge < -0.3 is 20.7 Å². The zero-order valence-electron chi connectivity index (χ0n) is 16.7. The minimum Gasteiger partial charge on any atom is -0.399 e. The van der Waals surface area contributed by atoms with Crippen molar-refractivity contribution in [2.24, 2.45) is 0 Å². The molecule has 0 amide bonds. The fraction of sp³-hybridized carbons (Fsp3) is 0.476. The van der Waals surface area contributed by atoms with E-state index in [1.807, 2.05) is 30.5 Å². The minimum absolute atomic E-state index is 0.174. The van der Waals surface area contributed by atoms with Crippen LogP contribution in [-0.4, -0.2) is 58.6 Å². The predicted octanol–water partition coefficient (Wildman–Crippen LogP) is 2.23. The van der Waals surface area contributed by atoms with Gasteiger partial charge in [-0.3, -0.25) is 0 Å². The Labute approximate surface area is 170 Å². The number of nitrogen functional groups attached to an aromatic ring is 1. The van der Waals surface area contributed by atoms with Gasteiger partial charge in [0.25, 0.3) is 0 Å². The number of nitrogens with two attached hydrogens (primary N) is 1. The van der Waals surface area contributed by atoms with Crippen molar-refractivity contribution in [2.75, 3.05) is 43.4 Å². The van der Waals surface area contributed by atoms with Crippen molar-refractivity contribution in [1.82, 2.24) is 25.1 Å². The molecule has 2 fully saturated rings. The van der Waals surface area contributed by atoms with Gasteiger partial charge >= 0.3 is 0 Å². The van der Waals surface area contributed by atoms with Gasteiger partial charge in [-0.05, 0) is 57.1 Å². The summed E-state index contributed by atoms with van der Waals surface area (Å²) in [6.07, 6.45) is 4.22. The maximum Gasteiger partial charge on any atom is 0.164 e. The molecule has 152 valence electrons. The van der Waals surface area contributed by atoms with E-state index in [1.54, 1.807) is 0 Å². The summed E-state index contributed by atoms with van der Waals surface area (Å²) in [7, 11) is 0. The van der Waals surface area contributed by atoms with E-state index in [1.165, 1.54) is 0 Å². The molecule has 8 nitrogen and oxygen atoms in total. The Hall–Kier alpha value is -2.71. The van der Waals surface area contributed by atoms with Gasteiger partial charge in [0.05, 0.1) is 30.3 Å². The number of fused-ring (bicyclic) bond motifs is 1. The maximum absolute atomic E-state index is 5.88. The van der Waals surface area contributed by atoms with E-state index in [2.05, 4.69) is 21.8 Å². The zero-order chi connectivity index (χ0) is 19.8. The summed E-state index contributed by atoms with van der Waals surface area (Å²) in [6.45, 7) is 6.45. The Balaban J connectivity index is 1.65. The molecule has 0 saturated carbocycles. The Morgan fingerprint density at radius 2 is 1.93 bits per heavy atom. The topological polar surface area (TPSA) is 94.1 Å². The fourth-order valence-corrected chi connectivity index (χ4v) is 4.24. The molecule has 29 heavy (non-hydrogen) atoms. The largest absolute Gasteiger partial charge is 0.399 e. The molecule has 0 spiro atoms. The van der Waals surface area contributed by atoms with Crippen molar-refractivity contribution in [1.29, 1.82) is 0 Å². The molecule has 2 saturated heterocycles. The molecule has 2 aliphatic rings. The smallest absolute Gasteiger partial charge is 0.164 e. The Morgan fingerprint density at radius 1 is 1.14 bits per heavy atom. The average molecular weight is 393 g/mol. The number of rotatable bonds is 3. The molecule has 3 aromatic rings. The number of hydrogen-bond donors (Lipinski definition) is 2. The van der Waals surface area contributed by atoms with Crippen molar-refractivity contribution in [2.45, 2.75) is 31.9 Å². The van der Waals surface area contributed by atoms with E-state index in [4.69, 9.17) is 25.5 Å². The first-order valence-electron chi connectivity index (χ1n) is 10.4. The highest BCUT2D eigenvalue weighted by Gasteiger charge is 2.25. The van der Waals surface area contributed by atoms with Gasteiger partial charge in [0.1, 0.15) is 5.82 Å². The van der Waals surface area contributed by atoms with Gasteiger partial charge in [-0.25, -0.2) is 14.6 Å². The quantitative estimate of drug-likeness (QED) is 0.659. The van der Waals surface area contributed by atoms with E-state index < -0.39 is 0 Å². The normalized spacial score (nSPS) is 21.0. The van der Waals surface area contributed by atoms with Crippen molar-refractivity contribution < 1.29 is 4.74 Å². The third kappa shape index (κ3) is 3.54. The van der Waals surface area contributed by atoms with Crippen LogP contribution in [0.15, 0.2) is 30.5 Å². The second kappa shape index (κ2) is 7.61. The Morgan fingerprint density at radius 3 is 2.69 bits per heavy atom. The summed E-state index contributed by atoms with van der Waals surface area (Å²) >= 11 is 0. The van der Waals surface area contributed by atoms with E-state index in [9.17, 15) is 0 Å². The van der Waals surface area contributed by atoms with Gasteiger partial charge in [0.15, 0.2) is 11.5 Å². The van der Waals surface area contributed by atoms with E-state index in [0.717, 1.165) is 67.1 Å². The van der Waals surface area contributed by atoms with Crippen LogP contribution in [0.1, 0.15) is 25.8 Å². The summed E-state index contributed by atoms with van der Waals surface area (Å²) in [5, 5.41) is 9.19. The van der Waals surface area contributed by atoms with Crippen LogP contribution < -0.4 is 16.0 Å². The van der Waals surface area contributed by atoms with E-state index in [-0.39, 0.29) is 6.10 Å². The lowest BCUT2D eigenvalue weighted by atomic mass is 10.1. The van der Waals surface area contributed by atoms with E-state index >= 15 is 0 Å². The van der Waals surface area contributed by atoms with Crippen LogP contribution in [0.5, 0.6) is 0 Å². The van der Waals surface area contributed by atoms with Crippen LogP contribution in [0.25, 0.3) is 22.4 Å². The average Bonchev–Trinajstić information content (AvgIpc) is 3.18. The molecule has 4 heterocycles. The molecule has 2 aromatic heterocycles. The lowest BCUT2D eigenvalue weighted by molar-refractivity contribution is 0.0530. The van der Waals surface area contributed by atoms with Crippen molar-refractivity contribution >= 4 is 22.5 Å². The van der Waals surface area contributed by atoms with E-state index in [0.29, 0.717) is 18.5 Å². The maximum atomic E-state index is 5.88.